The molecule has 4 heteroatoms. The van der Waals surface area contributed by atoms with Gasteiger partial charge in [0.25, 0.3) is 0 Å². The van der Waals surface area contributed by atoms with Gasteiger partial charge >= 0.3 is 0 Å². The summed E-state index contributed by atoms with van der Waals surface area (Å²) in [6, 6.07) is 11.9. The second-order valence-electron chi connectivity index (χ2n) is 4.55. The molecule has 0 aliphatic rings. The fourth-order valence-electron chi connectivity index (χ4n) is 1.90. The summed E-state index contributed by atoms with van der Waals surface area (Å²) in [6.07, 6.45) is 0. The molecule has 0 fully saturated rings. The molecule has 0 saturated heterocycles. The topological polar surface area (TPSA) is 51.4 Å². The number of aryl methyl sites for hydroxylation is 1. The molecule has 2 N–H and O–H groups in total. The van der Waals surface area contributed by atoms with Crippen LogP contribution in [-0.2, 0) is 6.54 Å². The van der Waals surface area contributed by atoms with E-state index in [4.69, 9.17) is 10.5 Å². The minimum Gasteiger partial charge on any atom is -0.497 e. The SMILES string of the molecule is COc1cccc(CN(C)c2ccc(N)c(C)n2)c1. The third-order valence-corrected chi connectivity index (χ3v) is 3.06. The molecule has 0 unspecified atom stereocenters. The number of rotatable bonds is 4. The van der Waals surface area contributed by atoms with Gasteiger partial charge in [-0.05, 0) is 36.8 Å². The molecule has 1 aromatic heterocycles. The quantitative estimate of drug-likeness (QED) is 0.914. The lowest BCUT2D eigenvalue weighted by atomic mass is 10.2. The molecule has 19 heavy (non-hydrogen) atoms. The standard InChI is InChI=1S/C15H19N3O/c1-11-14(16)7-8-15(17-11)18(2)10-12-5-4-6-13(9-12)19-3/h4-9H,10,16H2,1-3H3. The van der Waals surface area contributed by atoms with Crippen LogP contribution in [0.4, 0.5) is 11.5 Å². The van der Waals surface area contributed by atoms with E-state index in [1.165, 1.54) is 5.56 Å². The van der Waals surface area contributed by atoms with E-state index < -0.39 is 0 Å². The Morgan fingerprint density at radius 1 is 1.26 bits per heavy atom. The van der Waals surface area contributed by atoms with Crippen LogP contribution in [0, 0.1) is 6.92 Å². The van der Waals surface area contributed by atoms with Crippen LogP contribution < -0.4 is 15.4 Å². The summed E-state index contributed by atoms with van der Waals surface area (Å²) in [4.78, 5) is 6.57. The summed E-state index contributed by atoms with van der Waals surface area (Å²) in [7, 11) is 3.69. The van der Waals surface area contributed by atoms with Gasteiger partial charge in [-0.2, -0.15) is 0 Å². The second-order valence-corrected chi connectivity index (χ2v) is 4.55. The van der Waals surface area contributed by atoms with Crippen molar-refractivity contribution in [2.45, 2.75) is 13.5 Å². The van der Waals surface area contributed by atoms with E-state index in [0.717, 1.165) is 29.5 Å². The summed E-state index contributed by atoms with van der Waals surface area (Å²) in [6.45, 7) is 2.69. The Labute approximate surface area is 113 Å². The van der Waals surface area contributed by atoms with E-state index in [-0.39, 0.29) is 0 Å². The molecule has 1 aromatic carbocycles. The van der Waals surface area contributed by atoms with Crippen molar-refractivity contribution in [3.05, 3.63) is 47.7 Å². The van der Waals surface area contributed by atoms with Gasteiger partial charge in [0.05, 0.1) is 18.5 Å². The van der Waals surface area contributed by atoms with Crippen LogP contribution >= 0.6 is 0 Å². The Morgan fingerprint density at radius 3 is 2.74 bits per heavy atom. The van der Waals surface area contributed by atoms with Gasteiger partial charge in [0.2, 0.25) is 0 Å². The van der Waals surface area contributed by atoms with Gasteiger partial charge in [0, 0.05) is 13.6 Å². The number of nitrogen functional groups attached to an aromatic ring is 1. The molecular weight excluding hydrogens is 238 g/mol. The van der Waals surface area contributed by atoms with Crippen molar-refractivity contribution in [1.82, 2.24) is 4.98 Å². The predicted molar refractivity (Wildman–Crippen MR) is 78.5 cm³/mol. The number of ether oxygens (including phenoxy) is 1. The molecule has 0 aliphatic heterocycles. The maximum atomic E-state index is 5.78. The van der Waals surface area contributed by atoms with Crippen LogP contribution in [-0.4, -0.2) is 19.1 Å². The number of hydrogen-bond donors (Lipinski definition) is 1. The first kappa shape index (κ1) is 13.2. The highest BCUT2D eigenvalue weighted by molar-refractivity contribution is 5.50. The Kier molecular flexibility index (Phi) is 3.90. The number of hydrogen-bond acceptors (Lipinski definition) is 4. The highest BCUT2D eigenvalue weighted by Gasteiger charge is 2.06. The minimum atomic E-state index is 0.721. The first-order valence-corrected chi connectivity index (χ1v) is 6.17. The summed E-state index contributed by atoms with van der Waals surface area (Å²) in [5.41, 5.74) is 8.54. The Morgan fingerprint density at radius 2 is 2.05 bits per heavy atom. The normalized spacial score (nSPS) is 10.3. The van der Waals surface area contributed by atoms with Crippen molar-refractivity contribution in [2.75, 3.05) is 24.8 Å². The summed E-state index contributed by atoms with van der Waals surface area (Å²) in [5.74, 6) is 1.78. The van der Waals surface area contributed by atoms with Crippen molar-refractivity contribution in [3.8, 4) is 5.75 Å². The van der Waals surface area contributed by atoms with Crippen LogP contribution in [0.1, 0.15) is 11.3 Å². The molecule has 2 aromatic rings. The number of anilines is 2. The van der Waals surface area contributed by atoms with Crippen LogP contribution in [0.2, 0.25) is 0 Å². The molecule has 0 bridgehead atoms. The minimum absolute atomic E-state index is 0.721. The van der Waals surface area contributed by atoms with Crippen LogP contribution in [0.5, 0.6) is 5.75 Å². The average Bonchev–Trinajstić information content (AvgIpc) is 2.42. The molecule has 0 spiro atoms. The van der Waals surface area contributed by atoms with E-state index in [1.54, 1.807) is 7.11 Å². The molecule has 0 atom stereocenters. The zero-order valence-electron chi connectivity index (χ0n) is 11.6. The van der Waals surface area contributed by atoms with Crippen molar-refractivity contribution in [1.29, 1.82) is 0 Å². The zero-order valence-corrected chi connectivity index (χ0v) is 11.6. The zero-order chi connectivity index (χ0) is 13.8. The third-order valence-electron chi connectivity index (χ3n) is 3.06. The molecule has 0 saturated carbocycles. The van der Waals surface area contributed by atoms with Crippen molar-refractivity contribution in [2.24, 2.45) is 0 Å². The van der Waals surface area contributed by atoms with Gasteiger partial charge in [-0.15, -0.1) is 0 Å². The molecular formula is C15H19N3O. The maximum absolute atomic E-state index is 5.78. The Balaban J connectivity index is 2.15. The molecule has 2 rings (SSSR count). The lowest BCUT2D eigenvalue weighted by Crippen LogP contribution is -2.18. The number of methoxy groups -OCH3 is 1. The van der Waals surface area contributed by atoms with Crippen LogP contribution in [0.15, 0.2) is 36.4 Å². The van der Waals surface area contributed by atoms with E-state index in [1.807, 2.05) is 44.3 Å². The molecule has 100 valence electrons. The lowest BCUT2D eigenvalue weighted by Gasteiger charge is -2.19. The largest absolute Gasteiger partial charge is 0.497 e. The Bertz CT molecular complexity index is 569. The highest BCUT2D eigenvalue weighted by atomic mass is 16.5. The van der Waals surface area contributed by atoms with Gasteiger partial charge in [-0.25, -0.2) is 4.98 Å². The highest BCUT2D eigenvalue weighted by Crippen LogP contribution is 2.19. The lowest BCUT2D eigenvalue weighted by molar-refractivity contribution is 0.414. The van der Waals surface area contributed by atoms with Crippen LogP contribution in [0.3, 0.4) is 0 Å². The molecule has 0 amide bonds. The summed E-state index contributed by atoms with van der Waals surface area (Å²) >= 11 is 0. The van der Waals surface area contributed by atoms with E-state index >= 15 is 0 Å². The van der Waals surface area contributed by atoms with Crippen molar-refractivity contribution >= 4 is 11.5 Å². The monoisotopic (exact) mass is 257 g/mol. The number of nitrogens with zero attached hydrogens (tertiary/aromatic N) is 2. The first-order valence-electron chi connectivity index (χ1n) is 6.17. The second kappa shape index (κ2) is 5.61. The first-order chi connectivity index (χ1) is 9.10. The number of pyridine rings is 1. The van der Waals surface area contributed by atoms with Crippen molar-refractivity contribution in [3.63, 3.8) is 0 Å². The van der Waals surface area contributed by atoms with Gasteiger partial charge in [0.15, 0.2) is 0 Å². The molecule has 4 nitrogen and oxygen atoms in total. The van der Waals surface area contributed by atoms with Gasteiger partial charge in [-0.3, -0.25) is 0 Å². The van der Waals surface area contributed by atoms with E-state index in [0.29, 0.717) is 0 Å². The Hall–Kier alpha value is -2.23. The fourth-order valence-corrected chi connectivity index (χ4v) is 1.90. The summed E-state index contributed by atoms with van der Waals surface area (Å²) < 4.78 is 5.23. The summed E-state index contributed by atoms with van der Waals surface area (Å²) in [5, 5.41) is 0. The fraction of sp³-hybridized carbons (Fsp3) is 0.267. The van der Waals surface area contributed by atoms with Crippen molar-refractivity contribution < 1.29 is 4.74 Å². The number of nitrogens with two attached hydrogens (primary N) is 1. The number of benzene rings is 1. The predicted octanol–water partition coefficient (Wildman–Crippen LogP) is 2.62. The molecule has 0 radical (unpaired) electrons. The smallest absolute Gasteiger partial charge is 0.128 e. The average molecular weight is 257 g/mol. The maximum Gasteiger partial charge on any atom is 0.128 e. The van der Waals surface area contributed by atoms with Gasteiger partial charge in [0.1, 0.15) is 11.6 Å². The van der Waals surface area contributed by atoms with Gasteiger partial charge < -0.3 is 15.4 Å². The van der Waals surface area contributed by atoms with Crippen LogP contribution in [0.25, 0.3) is 0 Å². The molecule has 1 heterocycles. The van der Waals surface area contributed by atoms with E-state index in [2.05, 4.69) is 16.0 Å². The van der Waals surface area contributed by atoms with E-state index in [9.17, 15) is 0 Å². The number of aromatic nitrogens is 1. The molecule has 0 aliphatic carbocycles. The third kappa shape index (κ3) is 3.16. The van der Waals surface area contributed by atoms with Gasteiger partial charge in [-0.1, -0.05) is 12.1 Å².